The van der Waals surface area contributed by atoms with E-state index in [-0.39, 0.29) is 23.9 Å². The highest BCUT2D eigenvalue weighted by molar-refractivity contribution is 7.98. The zero-order valence-electron chi connectivity index (χ0n) is 16.2. The first-order chi connectivity index (χ1) is 13.5. The maximum atomic E-state index is 12.6. The topological polar surface area (TPSA) is 105 Å². The Labute approximate surface area is 167 Å². The van der Waals surface area contributed by atoms with E-state index in [1.807, 2.05) is 35.1 Å². The van der Waals surface area contributed by atoms with Crippen LogP contribution >= 0.6 is 11.8 Å². The number of aromatic nitrogens is 5. The van der Waals surface area contributed by atoms with E-state index in [9.17, 15) is 9.59 Å². The molecule has 0 fully saturated rings. The minimum atomic E-state index is -0.243. The molecule has 0 radical (unpaired) electrons. The lowest BCUT2D eigenvalue weighted by atomic mass is 10.1. The lowest BCUT2D eigenvalue weighted by Crippen LogP contribution is -2.31. The van der Waals surface area contributed by atoms with Gasteiger partial charge in [-0.25, -0.2) is 4.98 Å². The maximum absolute atomic E-state index is 12.6. The van der Waals surface area contributed by atoms with Crippen LogP contribution in [0.4, 0.5) is 0 Å². The van der Waals surface area contributed by atoms with Gasteiger partial charge in [-0.15, -0.1) is 10.2 Å². The molecule has 3 heterocycles. The molecule has 8 nitrogen and oxygen atoms in total. The summed E-state index contributed by atoms with van der Waals surface area (Å²) < 4.78 is 1.89. The Morgan fingerprint density at radius 1 is 1.32 bits per heavy atom. The number of thioether (sulfide) groups is 1. The Kier molecular flexibility index (Phi) is 6.45. The van der Waals surface area contributed by atoms with Gasteiger partial charge in [0, 0.05) is 23.9 Å². The summed E-state index contributed by atoms with van der Waals surface area (Å²) in [6.45, 7) is 3.53. The molecule has 3 aromatic rings. The van der Waals surface area contributed by atoms with E-state index in [4.69, 9.17) is 0 Å². The number of hydrogen-bond donors (Lipinski definition) is 2. The molecule has 28 heavy (non-hydrogen) atoms. The van der Waals surface area contributed by atoms with Crippen molar-refractivity contribution >= 4 is 23.3 Å². The van der Waals surface area contributed by atoms with Crippen LogP contribution in [0, 0.1) is 13.8 Å². The fourth-order valence-electron chi connectivity index (χ4n) is 3.15. The highest BCUT2D eigenvalue weighted by Gasteiger charge is 2.20. The lowest BCUT2D eigenvalue weighted by Gasteiger charge is -2.17. The van der Waals surface area contributed by atoms with E-state index < -0.39 is 0 Å². The van der Waals surface area contributed by atoms with Gasteiger partial charge in [0.15, 0.2) is 11.5 Å². The molecule has 0 aliphatic heterocycles. The van der Waals surface area contributed by atoms with E-state index in [0.29, 0.717) is 29.3 Å². The summed E-state index contributed by atoms with van der Waals surface area (Å²) in [4.78, 5) is 31.7. The first kappa shape index (κ1) is 20.1. The van der Waals surface area contributed by atoms with Crippen molar-refractivity contribution in [3.63, 3.8) is 0 Å². The smallest absolute Gasteiger partial charge is 0.254 e. The summed E-state index contributed by atoms with van der Waals surface area (Å²) in [5, 5.41) is 11.5. The maximum Gasteiger partial charge on any atom is 0.254 e. The third-order valence-electron chi connectivity index (χ3n) is 4.54. The van der Waals surface area contributed by atoms with Gasteiger partial charge < -0.3 is 10.3 Å². The Balaban J connectivity index is 1.73. The molecule has 0 bridgehead atoms. The molecule has 0 unspecified atom stereocenters. The number of hydrogen-bond acceptors (Lipinski definition) is 6. The van der Waals surface area contributed by atoms with Crippen molar-refractivity contribution in [1.82, 2.24) is 29.9 Å². The minimum Gasteiger partial charge on any atom is -0.346 e. The van der Waals surface area contributed by atoms with E-state index in [0.717, 1.165) is 17.8 Å². The number of amides is 1. The zero-order chi connectivity index (χ0) is 20.1. The first-order valence-electron chi connectivity index (χ1n) is 9.14. The Morgan fingerprint density at radius 2 is 2.14 bits per heavy atom. The Hall–Kier alpha value is -2.68. The molecule has 0 aliphatic carbocycles. The van der Waals surface area contributed by atoms with Crippen LogP contribution in [0.2, 0.25) is 0 Å². The molecule has 0 aromatic carbocycles. The lowest BCUT2D eigenvalue weighted by molar-refractivity contribution is -0.121. The molecule has 148 valence electrons. The zero-order valence-corrected chi connectivity index (χ0v) is 17.0. The number of nitrogens with one attached hydrogen (secondary N) is 2. The molecule has 2 N–H and O–H groups in total. The van der Waals surface area contributed by atoms with E-state index in [2.05, 4.69) is 25.5 Å². The monoisotopic (exact) mass is 400 g/mol. The summed E-state index contributed by atoms with van der Waals surface area (Å²) in [5.41, 5.74) is 1.78. The van der Waals surface area contributed by atoms with Crippen molar-refractivity contribution in [2.24, 2.45) is 0 Å². The predicted octanol–water partition coefficient (Wildman–Crippen LogP) is 1.97. The van der Waals surface area contributed by atoms with Gasteiger partial charge in [0.1, 0.15) is 5.82 Å². The Morgan fingerprint density at radius 3 is 2.89 bits per heavy atom. The second kappa shape index (κ2) is 9.01. The summed E-state index contributed by atoms with van der Waals surface area (Å²) in [6.07, 6.45) is 5.22. The molecule has 0 spiro atoms. The van der Waals surface area contributed by atoms with E-state index in [1.54, 1.807) is 25.6 Å². The van der Waals surface area contributed by atoms with Crippen LogP contribution in [0.3, 0.4) is 0 Å². The van der Waals surface area contributed by atoms with Gasteiger partial charge in [-0.2, -0.15) is 11.8 Å². The van der Waals surface area contributed by atoms with Crippen molar-refractivity contribution < 1.29 is 4.79 Å². The highest BCUT2D eigenvalue weighted by Crippen LogP contribution is 2.18. The number of aryl methyl sites for hydroxylation is 2. The van der Waals surface area contributed by atoms with Crippen molar-refractivity contribution in [2.75, 3.05) is 12.0 Å². The van der Waals surface area contributed by atoms with Crippen molar-refractivity contribution in [3.8, 4) is 0 Å². The van der Waals surface area contributed by atoms with Gasteiger partial charge >= 0.3 is 0 Å². The Bertz CT molecular complexity index is 1030. The normalized spacial score (nSPS) is 12.2. The summed E-state index contributed by atoms with van der Waals surface area (Å²) in [7, 11) is 0. The molecule has 1 atom stereocenters. The molecule has 9 heteroatoms. The highest BCUT2D eigenvalue weighted by atomic mass is 32.2. The molecule has 0 saturated carbocycles. The van der Waals surface area contributed by atoms with Crippen LogP contribution in [-0.4, -0.2) is 42.5 Å². The molecule has 3 aromatic heterocycles. The summed E-state index contributed by atoms with van der Waals surface area (Å²) >= 11 is 1.71. The summed E-state index contributed by atoms with van der Waals surface area (Å²) in [6, 6.07) is 5.45. The van der Waals surface area contributed by atoms with Gasteiger partial charge in [-0.1, -0.05) is 6.07 Å². The quantitative estimate of drug-likeness (QED) is 0.599. The van der Waals surface area contributed by atoms with Crippen LogP contribution in [0.25, 0.3) is 5.65 Å². The number of H-pyrrole nitrogens is 1. The average Bonchev–Trinajstić information content (AvgIpc) is 3.08. The van der Waals surface area contributed by atoms with Gasteiger partial charge in [0.05, 0.1) is 6.04 Å². The molecule has 0 aliphatic rings. The van der Waals surface area contributed by atoms with Crippen molar-refractivity contribution in [2.45, 2.75) is 39.2 Å². The standard InChI is InChI=1S/C19H24N6O2S/c1-12-14(19(27)21-13(2)20-12)7-8-17(26)22-15(9-11-28-3)18-24-23-16-6-4-5-10-25(16)18/h4-6,10,15H,7-9,11H2,1-3H3,(H,22,26)(H,20,21,27)/t15-/m0/s1. The number of fused-ring (bicyclic) bond motifs is 1. The average molecular weight is 401 g/mol. The molecular weight excluding hydrogens is 376 g/mol. The minimum absolute atomic E-state index is 0.127. The van der Waals surface area contributed by atoms with E-state index in [1.165, 1.54) is 0 Å². The fourth-order valence-corrected chi connectivity index (χ4v) is 3.62. The second-order valence-corrected chi connectivity index (χ2v) is 7.59. The number of nitrogens with zero attached hydrogens (tertiary/aromatic N) is 4. The molecule has 3 rings (SSSR count). The number of carbonyl (C=O) groups is 1. The van der Waals surface area contributed by atoms with Crippen LogP contribution in [0.5, 0.6) is 0 Å². The number of aromatic amines is 1. The third-order valence-corrected chi connectivity index (χ3v) is 5.18. The molecule has 0 saturated heterocycles. The fraction of sp³-hybridized carbons (Fsp3) is 0.421. The third kappa shape index (κ3) is 4.59. The molecular formula is C19H24N6O2S. The van der Waals surface area contributed by atoms with Crippen LogP contribution in [0.15, 0.2) is 29.2 Å². The second-order valence-electron chi connectivity index (χ2n) is 6.60. The van der Waals surface area contributed by atoms with Crippen LogP contribution in [-0.2, 0) is 11.2 Å². The number of pyridine rings is 1. The van der Waals surface area contributed by atoms with Gasteiger partial charge in [0.25, 0.3) is 5.56 Å². The SMILES string of the molecule is CSCC[C@H](NC(=O)CCc1c(C)nc(C)[nH]c1=O)c1nnc2ccccn12. The van der Waals surface area contributed by atoms with Crippen LogP contribution in [0.1, 0.15) is 41.8 Å². The number of carbonyl (C=O) groups excluding carboxylic acids is 1. The van der Waals surface area contributed by atoms with Crippen molar-refractivity contribution in [1.29, 1.82) is 0 Å². The largest absolute Gasteiger partial charge is 0.346 e. The first-order valence-corrected chi connectivity index (χ1v) is 10.5. The molecule has 1 amide bonds. The van der Waals surface area contributed by atoms with Gasteiger partial charge in [-0.3, -0.25) is 14.0 Å². The van der Waals surface area contributed by atoms with Crippen LogP contribution < -0.4 is 10.9 Å². The number of rotatable bonds is 8. The predicted molar refractivity (Wildman–Crippen MR) is 110 cm³/mol. The summed E-state index contributed by atoms with van der Waals surface area (Å²) in [5.74, 6) is 2.04. The van der Waals surface area contributed by atoms with Crippen molar-refractivity contribution in [3.05, 3.63) is 57.7 Å². The van der Waals surface area contributed by atoms with Gasteiger partial charge in [-0.05, 0) is 50.8 Å². The van der Waals surface area contributed by atoms with E-state index >= 15 is 0 Å². The van der Waals surface area contributed by atoms with Gasteiger partial charge in [0.2, 0.25) is 5.91 Å².